The maximum Gasteiger partial charge on any atom is 0.507 e. The summed E-state index contributed by atoms with van der Waals surface area (Å²) in [4.78, 5) is 82.1. The molecule has 0 aliphatic carbocycles. The Morgan fingerprint density at radius 1 is 0.541 bits per heavy atom. The molecule has 888 valence electrons. The fourth-order valence-corrected chi connectivity index (χ4v) is 9.13. The summed E-state index contributed by atoms with van der Waals surface area (Å²) in [6.45, 7) is 66.0. The molecule has 146 heavy (non-hydrogen) atoms. The molecule has 0 fully saturated rings. The maximum absolute atomic E-state index is 10.4. The van der Waals surface area contributed by atoms with Gasteiger partial charge in [0.25, 0.3) is 9.06 Å². The Bertz CT molecular complexity index is 2880. The van der Waals surface area contributed by atoms with Crippen LogP contribution in [-0.2, 0) is 102 Å². The molecule has 0 aliphatic rings. The van der Waals surface area contributed by atoms with Crippen LogP contribution in [0.5, 0.6) is 5.88 Å². The summed E-state index contributed by atoms with van der Waals surface area (Å²) in [5.41, 5.74) is 4.92. The molecule has 0 spiro atoms. The van der Waals surface area contributed by atoms with E-state index in [1.165, 1.54) is 141 Å². The normalized spacial score (nSPS) is 9.09. The zero-order valence-electron chi connectivity index (χ0n) is 101. The predicted molar refractivity (Wildman–Crippen MR) is 644 cm³/mol. The molecule has 0 aliphatic heterocycles. The van der Waals surface area contributed by atoms with Gasteiger partial charge in [-0.05, 0) is 190 Å². The second-order valence-corrected chi connectivity index (χ2v) is 44.6. The summed E-state index contributed by atoms with van der Waals surface area (Å²) in [6.07, 6.45) is 21.0. The van der Waals surface area contributed by atoms with Gasteiger partial charge in [0, 0.05) is 179 Å². The number of hydroxylamine groups is 1. The molecule has 0 aromatic carbocycles. The van der Waals surface area contributed by atoms with Crippen molar-refractivity contribution >= 4 is 152 Å². The van der Waals surface area contributed by atoms with Gasteiger partial charge >= 0.3 is 30.3 Å². The van der Waals surface area contributed by atoms with Crippen molar-refractivity contribution in [2.24, 2.45) is 0 Å². The van der Waals surface area contributed by atoms with Gasteiger partial charge in [-0.3, -0.25) is 18.6 Å². The molecule has 1 atom stereocenters. The number of nitrogens with one attached hydrogen (secondary N) is 11. The minimum Gasteiger partial charge on any atom is -0.481 e. The van der Waals surface area contributed by atoms with Gasteiger partial charge in [-0.1, -0.05) is 185 Å². The minimum atomic E-state index is -2.99. The molecule has 2 heterocycles. The van der Waals surface area contributed by atoms with E-state index in [2.05, 4.69) is 216 Å². The molecule has 38 nitrogen and oxygen atoms in total. The lowest BCUT2D eigenvalue weighted by Crippen LogP contribution is -2.38. The van der Waals surface area contributed by atoms with Crippen LogP contribution in [0.1, 0.15) is 256 Å². The van der Waals surface area contributed by atoms with Crippen LogP contribution in [0, 0.1) is 25.7 Å². The van der Waals surface area contributed by atoms with E-state index in [0.717, 1.165) is 104 Å². The number of thioether (sulfide) groups is 1. The number of sulfone groups is 2. The number of unbranched alkanes of at least 4 members (excludes halogenated alkanes) is 2. The van der Waals surface area contributed by atoms with Crippen molar-refractivity contribution < 1.29 is 114 Å². The summed E-state index contributed by atoms with van der Waals surface area (Å²) < 4.78 is 123. The van der Waals surface area contributed by atoms with E-state index >= 15 is 0 Å². The molecule has 11 N–H and O–H groups in total. The number of ether oxygens (including phenoxy) is 8. The van der Waals surface area contributed by atoms with E-state index in [1.807, 2.05) is 148 Å². The summed E-state index contributed by atoms with van der Waals surface area (Å²) in [6, 6.07) is 7.64. The fraction of sp³-hybridized carbons (Fsp3) is 0.786. The monoisotopic (exact) mass is 2300 g/mol. The lowest BCUT2D eigenvalue weighted by molar-refractivity contribution is -0.886. The number of nitrogens with zero attached hydrogens (tertiary/aromatic N) is 3. The van der Waals surface area contributed by atoms with Crippen molar-refractivity contribution in [1.29, 1.82) is 0 Å². The van der Waals surface area contributed by atoms with Crippen molar-refractivity contribution in [3.8, 4) is 17.7 Å². The van der Waals surface area contributed by atoms with E-state index in [1.54, 1.807) is 103 Å². The number of rotatable bonds is 33. The van der Waals surface area contributed by atoms with Crippen molar-refractivity contribution in [3.63, 3.8) is 0 Å². The highest BCUT2D eigenvalue weighted by Gasteiger charge is 2.05. The Balaban J connectivity index is -0.0000000551. The quantitative estimate of drug-likeness (QED) is 0.00601. The van der Waals surface area contributed by atoms with Crippen LogP contribution in [0.4, 0.5) is 25.0 Å². The molecule has 0 bridgehead atoms. The zero-order valence-corrected chi connectivity index (χ0v) is 109. The molecule has 2 aromatic heterocycles. The summed E-state index contributed by atoms with van der Waals surface area (Å²) in [7, 11) is 24.8. The number of urea groups is 1. The van der Waals surface area contributed by atoms with E-state index in [-0.39, 0.29) is 46.8 Å². The number of quaternary nitrogens is 1. The maximum atomic E-state index is 10.4. The Morgan fingerprint density at radius 3 is 1.03 bits per heavy atom. The van der Waals surface area contributed by atoms with Gasteiger partial charge < -0.3 is 89.7 Å². The van der Waals surface area contributed by atoms with Crippen LogP contribution in [0.15, 0.2) is 48.8 Å². The van der Waals surface area contributed by atoms with Crippen molar-refractivity contribution in [3.05, 3.63) is 59.9 Å². The third-order valence-corrected chi connectivity index (χ3v) is 26.6. The highest BCUT2D eigenvalue weighted by Crippen LogP contribution is 2.14. The smallest absolute Gasteiger partial charge is 0.481 e. The van der Waals surface area contributed by atoms with Crippen molar-refractivity contribution in [1.82, 2.24) is 62.1 Å². The standard InChI is InChI=1S/C7H10N2.C7H9NO.C6H16N.C5H11NO.C5H12.C5H10.C5H8.C4H9NO.C4H11N.2C4H10O2S.C4H8O2.C4H10OS.2C4H10O.C4H10S.C3H8N2O.2C3H7NO2.C3H9NO.C3H6O3.C3H8S2.C2H7NO2S2.C2H7NOS2/c1-6-3-4-9-7(5-6)8-2;1-6-3-4-8-7(5-6)9-2;1-5-7(3,4)6-2;1-3-4-6-5(2)7;3*1-3-5-4-2;1-3-4(6)5-2;1-3-5-4-2;2*1-3-7(5,6)4-2;1-3-4(5)6-2;1-3-6(5)4-2;1-3-4-5-2;2*1-3-5-4-2;1-4-3(6)5-2;2*1-4-3(5)6-2;1-3-5-4-2;1-5-3(4)6-2;1-3-5-4-2;1-3-7(4,5)6-2;1-3-6(4)5-2/h3-5H,1-2H3,(H,8,9);3-5H,1-2H3;5-6H2,1-4H3;3-4H2,1-2H3,(H,6,7);3-5H2,1-2H3;3,5H,4H2,1-2H3;3H2,1-2H3;3H2,1-2H3,(H,5,6);5H,3-4H2,1-2H3;2*3-4H2,1-2H3;3H2,1-2H3;3-4H2,1-2H3;3*3-4H2,1-2H3;1-2H3,(H2,4,5,6);2*1-2H3,(H,4,5);4H,3H2,1-2H3;1-2H3;3H2,1-2H3;3H,1-2H3;3H,1-2H3/q;;+1;;;;;;;;;;;;;;;;;;;;;/b;;;;;5-3+;;;;;;;;;;;;;;;;;;. The van der Waals surface area contributed by atoms with Gasteiger partial charge in [0.05, 0.1) is 76.5 Å². The zero-order chi connectivity index (χ0) is 120. The first kappa shape index (κ1) is 195. The number of hydrogen-bond acceptors (Lipinski definition) is 34. The number of alkyl carbamates (subject to hydrolysis) is 2. The number of pyridine rings is 2. The van der Waals surface area contributed by atoms with Gasteiger partial charge in [-0.2, -0.15) is 11.8 Å². The van der Waals surface area contributed by atoms with Gasteiger partial charge in [-0.25, -0.2) is 73.5 Å². The fourth-order valence-electron chi connectivity index (χ4n) is 5.22. The molecule has 1 unspecified atom stereocenters. The van der Waals surface area contributed by atoms with Gasteiger partial charge in [0.15, 0.2) is 10.0 Å². The van der Waals surface area contributed by atoms with Crippen molar-refractivity contribution in [2.75, 3.05) is 262 Å². The molecule has 0 saturated carbocycles. The molecular weight excluding hydrogens is 2080 g/mol. The van der Waals surface area contributed by atoms with E-state index in [9.17, 15) is 67.2 Å². The Hall–Kier alpha value is -5.73. The Labute approximate surface area is 920 Å². The number of esters is 1. The summed E-state index contributed by atoms with van der Waals surface area (Å²) >= 11 is 1.96. The minimum absolute atomic E-state index is 0.0573. The third kappa shape index (κ3) is 281. The van der Waals surface area contributed by atoms with E-state index in [4.69, 9.17) is 14.2 Å². The van der Waals surface area contributed by atoms with Gasteiger partial charge in [0.2, 0.25) is 17.7 Å². The number of methoxy groups -OCH3 is 7. The van der Waals surface area contributed by atoms with E-state index < -0.39 is 67.9 Å². The second-order valence-electron chi connectivity index (χ2n) is 25.7. The average Bonchev–Trinajstić information content (AvgIpc) is 0.909. The van der Waals surface area contributed by atoms with Gasteiger partial charge in [-0.15, -0.1) is 11.8 Å². The van der Waals surface area contributed by atoms with Crippen LogP contribution in [0.25, 0.3) is 0 Å². The van der Waals surface area contributed by atoms with Crippen LogP contribution < -0.4 is 62.2 Å². The number of carbonyl (C=O) groups excluding carboxylic acids is 7. The first-order chi connectivity index (χ1) is 68.6. The largest absolute Gasteiger partial charge is 0.507 e. The number of aromatic nitrogens is 2. The number of allylic oxidation sites excluding steroid dienone is 2. The third-order valence-electron chi connectivity index (χ3n) is 14.3. The molecule has 6 amide bonds. The van der Waals surface area contributed by atoms with Crippen LogP contribution >= 0.6 is 54.9 Å². The summed E-state index contributed by atoms with van der Waals surface area (Å²) in [5, 5.41) is 20.4. The average molecular weight is 2300 g/mol. The lowest BCUT2D eigenvalue weighted by atomic mass is 10.3. The lowest BCUT2D eigenvalue weighted by Gasteiger charge is -2.25. The molecule has 2 aromatic rings. The number of hydrogen-bond donors (Lipinski definition) is 11. The molecule has 2 rings (SSSR count). The Morgan fingerprint density at radius 2 is 0.973 bits per heavy atom. The Kier molecular flexibility index (Phi) is 241. The van der Waals surface area contributed by atoms with Crippen LogP contribution in [0.2, 0.25) is 0 Å². The number of anilines is 1. The first-order valence-electron chi connectivity index (χ1n) is 48.7. The molecule has 0 saturated heterocycles. The number of aryl methyl sites for hydroxylation is 2. The number of amides is 6. The van der Waals surface area contributed by atoms with Crippen molar-refractivity contribution in [2.45, 2.75) is 259 Å². The highest BCUT2D eigenvalue weighted by atomic mass is 33.1. The predicted octanol–water partition coefficient (Wildman–Crippen LogP) is 18.9. The highest BCUT2D eigenvalue weighted by molar-refractivity contribution is 8.76. The SMILES string of the molecule is C/C=C/CC.CC#CCC.CCC(=O)NC.CCC(=O)OC.CCCCC.CCCNC(C)=O.CCCOC.CCNCC.CCOCC.CCONC.CCS(=O)(=O)CC.CCS(=O)(=O)CC.CCS(=O)CC.CCSCC.CCSSC.CC[N+](C)(C)CC.CNC(=O)NC.CNC(=O)OC.CNC(=O)OC.CNS(=O)(=O)SC.CNS(=O)SC.CNc1cc(C)ccn1.COC(=O)OC.COc1cc(C)ccn1. The topological polar surface area (TPSA) is 497 Å². The summed E-state index contributed by atoms with van der Waals surface area (Å²) in [5.74, 6) is 13.6. The first-order valence-corrected chi connectivity index (χ1v) is 63.9. The van der Waals surface area contributed by atoms with Crippen LogP contribution in [0.3, 0.4) is 0 Å². The second kappa shape index (κ2) is 181. The van der Waals surface area contributed by atoms with Gasteiger partial charge in [0.1, 0.15) is 25.5 Å². The van der Waals surface area contributed by atoms with E-state index in [0.29, 0.717) is 18.7 Å². The van der Waals surface area contributed by atoms with Crippen LogP contribution in [-0.4, -0.2) is 347 Å². The number of carbonyl (C=O) groups is 7. The molecule has 48 heteroatoms. The molecular formula is C98H223N14O24S10+. The molecule has 0 radical (unpaired) electrons.